The van der Waals surface area contributed by atoms with Crippen LogP contribution in [0.15, 0.2) is 42.2 Å². The van der Waals surface area contributed by atoms with Crippen LogP contribution in [0.2, 0.25) is 0 Å². The van der Waals surface area contributed by atoms with Gasteiger partial charge in [-0.2, -0.15) is 0 Å². The molecule has 2 nitrogen and oxygen atoms in total. The first-order chi connectivity index (χ1) is 8.28. The molecule has 88 valence electrons. The first-order valence-corrected chi connectivity index (χ1v) is 6.26. The number of hydrogen-bond acceptors (Lipinski definition) is 2. The molecule has 17 heavy (non-hydrogen) atoms. The first kappa shape index (κ1) is 10.6. The molecule has 1 fully saturated rings. The standard InChI is InChI=1S/C15H16O2/c16-14-11-13(10-12-6-2-1-3-7-12)17-15(14)8-4-5-9-15/h1-3,6-7,11H,4-5,8-10H2. The van der Waals surface area contributed by atoms with Crippen LogP contribution in [-0.4, -0.2) is 11.4 Å². The van der Waals surface area contributed by atoms with Gasteiger partial charge in [-0.05, 0) is 31.2 Å². The molecule has 0 N–H and O–H groups in total. The lowest BCUT2D eigenvalue weighted by atomic mass is 9.98. The Kier molecular flexibility index (Phi) is 2.50. The van der Waals surface area contributed by atoms with Gasteiger partial charge in [0.1, 0.15) is 5.76 Å². The summed E-state index contributed by atoms with van der Waals surface area (Å²) >= 11 is 0. The molecular formula is C15H16O2. The fraction of sp³-hybridized carbons (Fsp3) is 0.400. The van der Waals surface area contributed by atoms with Crippen molar-refractivity contribution >= 4 is 5.78 Å². The molecule has 1 aromatic rings. The van der Waals surface area contributed by atoms with E-state index in [1.807, 2.05) is 18.2 Å². The number of benzene rings is 1. The zero-order chi connectivity index (χ0) is 11.7. The van der Waals surface area contributed by atoms with Crippen LogP contribution in [0.1, 0.15) is 31.2 Å². The molecule has 2 heteroatoms. The number of allylic oxidation sites excluding steroid dienone is 1. The van der Waals surface area contributed by atoms with E-state index in [2.05, 4.69) is 12.1 Å². The largest absolute Gasteiger partial charge is 0.483 e. The van der Waals surface area contributed by atoms with E-state index in [0.29, 0.717) is 0 Å². The third-order valence-corrected chi connectivity index (χ3v) is 3.70. The second kappa shape index (κ2) is 4.02. The van der Waals surface area contributed by atoms with Crippen LogP contribution < -0.4 is 0 Å². The van der Waals surface area contributed by atoms with E-state index in [9.17, 15) is 4.79 Å². The van der Waals surface area contributed by atoms with E-state index in [0.717, 1.165) is 37.9 Å². The van der Waals surface area contributed by atoms with Crippen LogP contribution in [0.5, 0.6) is 0 Å². The molecule has 1 aromatic carbocycles. The maximum Gasteiger partial charge on any atom is 0.202 e. The van der Waals surface area contributed by atoms with Crippen molar-refractivity contribution in [2.45, 2.75) is 37.7 Å². The van der Waals surface area contributed by atoms with E-state index < -0.39 is 5.60 Å². The molecule has 1 heterocycles. The third kappa shape index (κ3) is 1.88. The maximum absolute atomic E-state index is 12.0. The van der Waals surface area contributed by atoms with Crippen LogP contribution in [0.3, 0.4) is 0 Å². The van der Waals surface area contributed by atoms with Crippen LogP contribution >= 0.6 is 0 Å². The van der Waals surface area contributed by atoms with Crippen molar-refractivity contribution in [1.82, 2.24) is 0 Å². The number of ether oxygens (including phenoxy) is 1. The Morgan fingerprint density at radius 2 is 1.82 bits per heavy atom. The summed E-state index contributed by atoms with van der Waals surface area (Å²) in [5, 5.41) is 0. The Balaban J connectivity index is 1.75. The fourth-order valence-electron chi connectivity index (χ4n) is 2.79. The van der Waals surface area contributed by atoms with E-state index in [1.165, 1.54) is 5.56 Å². The van der Waals surface area contributed by atoms with E-state index in [1.54, 1.807) is 6.08 Å². The van der Waals surface area contributed by atoms with Crippen molar-refractivity contribution in [1.29, 1.82) is 0 Å². The van der Waals surface area contributed by atoms with E-state index >= 15 is 0 Å². The van der Waals surface area contributed by atoms with E-state index in [4.69, 9.17) is 4.74 Å². The van der Waals surface area contributed by atoms with E-state index in [-0.39, 0.29) is 5.78 Å². The van der Waals surface area contributed by atoms with Gasteiger partial charge in [0.15, 0.2) is 5.60 Å². The molecule has 0 aromatic heterocycles. The molecular weight excluding hydrogens is 212 g/mol. The number of carbonyl (C=O) groups is 1. The van der Waals surface area contributed by atoms with Gasteiger partial charge in [0.05, 0.1) is 0 Å². The second-order valence-electron chi connectivity index (χ2n) is 4.94. The van der Waals surface area contributed by atoms with Gasteiger partial charge in [-0.1, -0.05) is 30.3 Å². The third-order valence-electron chi connectivity index (χ3n) is 3.70. The topological polar surface area (TPSA) is 26.3 Å². The minimum absolute atomic E-state index is 0.181. The highest BCUT2D eigenvalue weighted by atomic mass is 16.5. The Bertz CT molecular complexity index is 453. The summed E-state index contributed by atoms with van der Waals surface area (Å²) in [7, 11) is 0. The predicted octanol–water partition coefficient (Wildman–Crippen LogP) is 3.03. The molecule has 0 saturated heterocycles. The van der Waals surface area contributed by atoms with Crippen molar-refractivity contribution in [3.8, 4) is 0 Å². The summed E-state index contributed by atoms with van der Waals surface area (Å²) in [5.74, 6) is 1.02. The molecule has 0 bridgehead atoms. The highest BCUT2D eigenvalue weighted by molar-refractivity contribution is 5.99. The first-order valence-electron chi connectivity index (χ1n) is 6.26. The Morgan fingerprint density at radius 1 is 1.12 bits per heavy atom. The number of carbonyl (C=O) groups excluding carboxylic acids is 1. The lowest BCUT2D eigenvalue weighted by molar-refractivity contribution is -0.129. The lowest BCUT2D eigenvalue weighted by Gasteiger charge is -2.22. The van der Waals surface area contributed by atoms with Crippen LogP contribution in [-0.2, 0) is 16.0 Å². The zero-order valence-corrected chi connectivity index (χ0v) is 9.82. The zero-order valence-electron chi connectivity index (χ0n) is 9.82. The average molecular weight is 228 g/mol. The normalized spacial score (nSPS) is 21.6. The maximum atomic E-state index is 12.0. The van der Waals surface area contributed by atoms with Crippen molar-refractivity contribution in [3.63, 3.8) is 0 Å². The minimum atomic E-state index is -0.482. The Labute approximate surface area is 101 Å². The lowest BCUT2D eigenvalue weighted by Crippen LogP contribution is -2.32. The molecule has 1 aliphatic carbocycles. The summed E-state index contributed by atoms with van der Waals surface area (Å²) in [4.78, 5) is 12.0. The van der Waals surface area contributed by atoms with Gasteiger partial charge >= 0.3 is 0 Å². The SMILES string of the molecule is O=C1C=C(Cc2ccccc2)OC12CCCC2. The monoisotopic (exact) mass is 228 g/mol. The Hall–Kier alpha value is -1.57. The molecule has 1 saturated carbocycles. The van der Waals surface area contributed by atoms with Gasteiger partial charge < -0.3 is 4.74 Å². The van der Waals surface area contributed by atoms with Crippen LogP contribution in [0.25, 0.3) is 0 Å². The quantitative estimate of drug-likeness (QED) is 0.777. The summed E-state index contributed by atoms with van der Waals surface area (Å²) < 4.78 is 5.94. The molecule has 0 amide bonds. The van der Waals surface area contributed by atoms with Crippen molar-refractivity contribution in [2.75, 3.05) is 0 Å². The molecule has 0 atom stereocenters. The summed E-state index contributed by atoms with van der Waals surface area (Å²) in [5.41, 5.74) is 0.714. The molecule has 3 rings (SSSR count). The molecule has 1 aliphatic heterocycles. The number of rotatable bonds is 2. The summed E-state index contributed by atoms with van der Waals surface area (Å²) in [6.07, 6.45) is 6.43. The minimum Gasteiger partial charge on any atom is -0.483 e. The summed E-state index contributed by atoms with van der Waals surface area (Å²) in [6.45, 7) is 0. The van der Waals surface area contributed by atoms with Gasteiger partial charge in [0.25, 0.3) is 0 Å². The Morgan fingerprint density at radius 3 is 2.53 bits per heavy atom. The van der Waals surface area contributed by atoms with Gasteiger partial charge in [-0.15, -0.1) is 0 Å². The smallest absolute Gasteiger partial charge is 0.202 e. The number of ketones is 1. The summed E-state index contributed by atoms with van der Waals surface area (Å²) in [6, 6.07) is 10.1. The second-order valence-corrected chi connectivity index (χ2v) is 4.94. The van der Waals surface area contributed by atoms with Crippen LogP contribution in [0.4, 0.5) is 0 Å². The average Bonchev–Trinajstić information content (AvgIpc) is 2.90. The van der Waals surface area contributed by atoms with Gasteiger partial charge in [0.2, 0.25) is 5.78 Å². The van der Waals surface area contributed by atoms with Crippen molar-refractivity contribution < 1.29 is 9.53 Å². The van der Waals surface area contributed by atoms with Gasteiger partial charge in [0, 0.05) is 12.5 Å². The van der Waals surface area contributed by atoms with Crippen LogP contribution in [0, 0.1) is 0 Å². The van der Waals surface area contributed by atoms with Gasteiger partial charge in [-0.25, -0.2) is 0 Å². The highest BCUT2D eigenvalue weighted by Gasteiger charge is 2.46. The van der Waals surface area contributed by atoms with Crippen molar-refractivity contribution in [3.05, 3.63) is 47.7 Å². The van der Waals surface area contributed by atoms with Crippen molar-refractivity contribution in [2.24, 2.45) is 0 Å². The highest BCUT2D eigenvalue weighted by Crippen LogP contribution is 2.40. The molecule has 2 aliphatic rings. The number of hydrogen-bond donors (Lipinski definition) is 0. The molecule has 1 spiro atoms. The molecule has 0 radical (unpaired) electrons. The predicted molar refractivity (Wildman–Crippen MR) is 65.5 cm³/mol. The van der Waals surface area contributed by atoms with Gasteiger partial charge in [-0.3, -0.25) is 4.79 Å². The fourth-order valence-corrected chi connectivity index (χ4v) is 2.79. The molecule has 0 unspecified atom stereocenters.